The highest BCUT2D eigenvalue weighted by atomic mass is 16.5. The van der Waals surface area contributed by atoms with Crippen molar-refractivity contribution in [2.45, 2.75) is 26.2 Å². The summed E-state index contributed by atoms with van der Waals surface area (Å²) in [5, 5.41) is 7.73. The maximum Gasteiger partial charge on any atom is 0.194 e. The van der Waals surface area contributed by atoms with Crippen molar-refractivity contribution in [2.24, 2.45) is 12.0 Å². The number of hydrogen-bond acceptors (Lipinski definition) is 4. The fraction of sp³-hybridized carbons (Fsp3) is 0.360. The van der Waals surface area contributed by atoms with Gasteiger partial charge in [0.25, 0.3) is 0 Å². The van der Waals surface area contributed by atoms with Crippen molar-refractivity contribution in [3.8, 4) is 5.75 Å². The van der Waals surface area contributed by atoms with E-state index in [-0.39, 0.29) is 6.10 Å². The number of guanidine groups is 1. The molecule has 4 rings (SSSR count). The molecule has 0 amide bonds. The van der Waals surface area contributed by atoms with Crippen LogP contribution in [0.25, 0.3) is 0 Å². The van der Waals surface area contributed by atoms with Gasteiger partial charge in [-0.3, -0.25) is 4.68 Å². The first-order valence-corrected chi connectivity index (χ1v) is 11.1. The third kappa shape index (κ3) is 5.68. The van der Waals surface area contributed by atoms with Crippen LogP contribution in [0, 0.1) is 0 Å². The highest BCUT2D eigenvalue weighted by Gasteiger charge is 2.25. The van der Waals surface area contributed by atoms with Crippen LogP contribution in [0.5, 0.6) is 5.75 Å². The van der Waals surface area contributed by atoms with Gasteiger partial charge in [0.1, 0.15) is 18.5 Å². The van der Waals surface area contributed by atoms with E-state index in [1.807, 2.05) is 60.5 Å². The van der Waals surface area contributed by atoms with Crippen molar-refractivity contribution in [3.63, 3.8) is 0 Å². The number of nitrogens with one attached hydrogen (secondary N) is 1. The van der Waals surface area contributed by atoms with Crippen LogP contribution in [0.3, 0.4) is 0 Å². The van der Waals surface area contributed by atoms with Gasteiger partial charge in [0.05, 0.1) is 25.9 Å². The zero-order valence-electron chi connectivity index (χ0n) is 18.8. The molecule has 3 aromatic rings. The molecule has 32 heavy (non-hydrogen) atoms. The van der Waals surface area contributed by atoms with Crippen LogP contribution >= 0.6 is 0 Å². The van der Waals surface area contributed by atoms with Crippen LogP contribution in [-0.4, -0.2) is 46.9 Å². The lowest BCUT2D eigenvalue weighted by Crippen LogP contribution is -2.48. The predicted octanol–water partition coefficient (Wildman–Crippen LogP) is 3.54. The molecule has 1 atom stereocenters. The third-order valence-electron chi connectivity index (χ3n) is 5.45. The molecule has 7 heteroatoms. The molecule has 0 radical (unpaired) electrons. The Morgan fingerprint density at radius 3 is 2.69 bits per heavy atom. The van der Waals surface area contributed by atoms with Gasteiger partial charge in [0, 0.05) is 31.9 Å². The number of hydrogen-bond donors (Lipinski definition) is 1. The third-order valence-corrected chi connectivity index (χ3v) is 5.45. The van der Waals surface area contributed by atoms with Crippen LogP contribution in [0.15, 0.2) is 72.0 Å². The maximum atomic E-state index is 6.00. The van der Waals surface area contributed by atoms with Crippen molar-refractivity contribution in [1.29, 1.82) is 0 Å². The van der Waals surface area contributed by atoms with E-state index in [1.165, 1.54) is 0 Å². The van der Waals surface area contributed by atoms with E-state index < -0.39 is 0 Å². The monoisotopic (exact) mass is 433 g/mol. The molecule has 0 bridgehead atoms. The quantitative estimate of drug-likeness (QED) is 0.456. The number of nitrogens with zero attached hydrogens (tertiary/aromatic N) is 4. The molecule has 1 N–H and O–H groups in total. The Hall–Kier alpha value is -3.32. The number of benzene rings is 2. The van der Waals surface area contributed by atoms with Gasteiger partial charge in [-0.15, -0.1) is 0 Å². The minimum Gasteiger partial charge on any atom is -0.489 e. The summed E-state index contributed by atoms with van der Waals surface area (Å²) in [5.41, 5.74) is 3.40. The molecule has 0 saturated carbocycles. The molecule has 7 nitrogen and oxygen atoms in total. The number of aromatic nitrogens is 2. The Labute approximate surface area is 189 Å². The standard InChI is InChI=1S/C25H31N5O2/c1-3-26-25(30-13-14-31-24(18-30)22-16-28-29(2)17-22)27-15-20-9-7-8-10-21(20)19-32-23-11-5-4-6-12-23/h4-12,16-17,24H,3,13-15,18-19H2,1-2H3,(H,26,27). The van der Waals surface area contributed by atoms with Gasteiger partial charge in [-0.05, 0) is 30.2 Å². The Morgan fingerprint density at radius 1 is 1.16 bits per heavy atom. The van der Waals surface area contributed by atoms with Gasteiger partial charge in [0.15, 0.2) is 5.96 Å². The normalized spacial score (nSPS) is 16.8. The second-order valence-corrected chi connectivity index (χ2v) is 7.79. The fourth-order valence-electron chi connectivity index (χ4n) is 3.77. The van der Waals surface area contributed by atoms with Gasteiger partial charge in [-0.25, -0.2) is 4.99 Å². The summed E-state index contributed by atoms with van der Waals surface area (Å²) in [6.45, 7) is 6.23. The van der Waals surface area contributed by atoms with E-state index >= 15 is 0 Å². The minimum atomic E-state index is -0.00661. The van der Waals surface area contributed by atoms with Crippen LogP contribution in [0.2, 0.25) is 0 Å². The van der Waals surface area contributed by atoms with Crippen LogP contribution in [0.4, 0.5) is 0 Å². The first-order valence-electron chi connectivity index (χ1n) is 11.1. The lowest BCUT2D eigenvalue weighted by atomic mass is 10.1. The molecule has 1 aliphatic heterocycles. The Morgan fingerprint density at radius 2 is 1.94 bits per heavy atom. The Balaban J connectivity index is 1.45. The molecule has 0 aliphatic carbocycles. The van der Waals surface area contributed by atoms with Gasteiger partial charge in [-0.2, -0.15) is 5.10 Å². The Bertz CT molecular complexity index is 1020. The first-order chi connectivity index (χ1) is 15.7. The molecule has 0 spiro atoms. The molecular weight excluding hydrogens is 402 g/mol. The van der Waals surface area contributed by atoms with Crippen LogP contribution < -0.4 is 10.1 Å². The van der Waals surface area contributed by atoms with Crippen molar-refractivity contribution >= 4 is 5.96 Å². The second kappa shape index (κ2) is 10.8. The van der Waals surface area contributed by atoms with Gasteiger partial charge < -0.3 is 19.7 Å². The van der Waals surface area contributed by atoms with Crippen LogP contribution in [0.1, 0.15) is 29.7 Å². The second-order valence-electron chi connectivity index (χ2n) is 7.79. The van der Waals surface area contributed by atoms with E-state index in [2.05, 4.69) is 40.4 Å². The molecule has 1 aromatic heterocycles. The lowest BCUT2D eigenvalue weighted by molar-refractivity contribution is -0.00805. The summed E-state index contributed by atoms with van der Waals surface area (Å²) in [5.74, 6) is 1.78. The van der Waals surface area contributed by atoms with Crippen molar-refractivity contribution < 1.29 is 9.47 Å². The molecule has 1 unspecified atom stereocenters. The molecular formula is C25H31N5O2. The van der Waals surface area contributed by atoms with Crippen molar-refractivity contribution in [3.05, 3.63) is 83.7 Å². The predicted molar refractivity (Wildman–Crippen MR) is 126 cm³/mol. The number of morpholine rings is 1. The highest BCUT2D eigenvalue weighted by molar-refractivity contribution is 5.80. The summed E-state index contributed by atoms with van der Waals surface area (Å²) in [7, 11) is 1.93. The van der Waals surface area contributed by atoms with E-state index in [0.717, 1.165) is 48.0 Å². The molecule has 1 fully saturated rings. The molecule has 2 heterocycles. The molecule has 168 valence electrons. The SMILES string of the molecule is CCNC(=NCc1ccccc1COc1ccccc1)N1CCOC(c2cnn(C)c2)C1. The summed E-state index contributed by atoms with van der Waals surface area (Å²) >= 11 is 0. The van der Waals surface area contributed by atoms with E-state index in [9.17, 15) is 0 Å². The van der Waals surface area contributed by atoms with Crippen molar-refractivity contribution in [1.82, 2.24) is 20.0 Å². The van der Waals surface area contributed by atoms with Gasteiger partial charge >= 0.3 is 0 Å². The number of aliphatic imine (C=N–C) groups is 1. The number of rotatable bonds is 7. The number of para-hydroxylation sites is 1. The molecule has 1 aliphatic rings. The molecule has 1 saturated heterocycles. The largest absolute Gasteiger partial charge is 0.489 e. The van der Waals surface area contributed by atoms with Crippen LogP contribution in [-0.2, 0) is 24.9 Å². The first kappa shape index (κ1) is 21.9. The van der Waals surface area contributed by atoms with E-state index in [0.29, 0.717) is 19.8 Å². The fourth-order valence-corrected chi connectivity index (χ4v) is 3.77. The maximum absolute atomic E-state index is 6.00. The zero-order valence-corrected chi connectivity index (χ0v) is 18.8. The number of aryl methyl sites for hydroxylation is 1. The summed E-state index contributed by atoms with van der Waals surface area (Å²) in [6, 6.07) is 18.2. The van der Waals surface area contributed by atoms with Crippen molar-refractivity contribution in [2.75, 3.05) is 26.2 Å². The molecule has 2 aromatic carbocycles. The zero-order chi connectivity index (χ0) is 22.2. The average molecular weight is 434 g/mol. The van der Waals surface area contributed by atoms with E-state index in [4.69, 9.17) is 14.5 Å². The highest BCUT2D eigenvalue weighted by Crippen LogP contribution is 2.22. The summed E-state index contributed by atoms with van der Waals surface area (Å²) in [6.07, 6.45) is 3.88. The lowest BCUT2D eigenvalue weighted by Gasteiger charge is -2.34. The Kier molecular flexibility index (Phi) is 7.40. The number of ether oxygens (including phenoxy) is 2. The van der Waals surface area contributed by atoms with Gasteiger partial charge in [0.2, 0.25) is 0 Å². The van der Waals surface area contributed by atoms with Gasteiger partial charge in [-0.1, -0.05) is 42.5 Å². The average Bonchev–Trinajstić information content (AvgIpc) is 3.28. The van der Waals surface area contributed by atoms with E-state index in [1.54, 1.807) is 0 Å². The minimum absolute atomic E-state index is 0.00661. The summed E-state index contributed by atoms with van der Waals surface area (Å²) < 4.78 is 13.8. The summed E-state index contributed by atoms with van der Waals surface area (Å²) in [4.78, 5) is 7.23. The smallest absolute Gasteiger partial charge is 0.194 e. The topological polar surface area (TPSA) is 63.9 Å².